The standard InChI is InChI=1S/C30H24N2O6/c1-4-31-21-8-6-5-7-20(21)30(29(31)35)25-26(33)19-11-16(2)17(3)12-23(19)38-27(25)28(34)32(30)14-18-9-10-22-24(13-18)37-15-36-22/h5-13H,4,14-15H2,1-3H3. The average molecular weight is 509 g/mol. The lowest BCUT2D eigenvalue weighted by molar-refractivity contribution is -0.126. The molecule has 0 N–H and O–H groups in total. The maximum absolute atomic E-state index is 14.4. The van der Waals surface area contributed by atoms with Crippen molar-refractivity contribution in [2.24, 2.45) is 0 Å². The Hall–Kier alpha value is -4.59. The van der Waals surface area contributed by atoms with E-state index in [-0.39, 0.29) is 36.0 Å². The predicted molar refractivity (Wildman–Crippen MR) is 140 cm³/mol. The fourth-order valence-electron chi connectivity index (χ4n) is 6.00. The average Bonchev–Trinajstić information content (AvgIpc) is 3.55. The quantitative estimate of drug-likeness (QED) is 0.408. The number of benzene rings is 3. The lowest BCUT2D eigenvalue weighted by Gasteiger charge is -2.34. The summed E-state index contributed by atoms with van der Waals surface area (Å²) in [5.41, 5.74) is 2.26. The molecule has 1 atom stereocenters. The topological polar surface area (TPSA) is 89.3 Å². The summed E-state index contributed by atoms with van der Waals surface area (Å²) in [4.78, 5) is 46.0. The van der Waals surface area contributed by atoms with Crippen LogP contribution in [0.2, 0.25) is 0 Å². The summed E-state index contributed by atoms with van der Waals surface area (Å²) in [5, 5.41) is 0.351. The van der Waals surface area contributed by atoms with Crippen LogP contribution in [0.5, 0.6) is 11.5 Å². The number of ether oxygens (including phenoxy) is 2. The maximum atomic E-state index is 14.4. The molecule has 7 rings (SSSR count). The van der Waals surface area contributed by atoms with Gasteiger partial charge >= 0.3 is 0 Å². The number of para-hydroxylation sites is 1. The van der Waals surface area contributed by atoms with Crippen molar-refractivity contribution >= 4 is 28.5 Å². The van der Waals surface area contributed by atoms with Crippen molar-refractivity contribution in [2.45, 2.75) is 32.9 Å². The molecule has 190 valence electrons. The van der Waals surface area contributed by atoms with Gasteiger partial charge in [-0.15, -0.1) is 0 Å². The van der Waals surface area contributed by atoms with E-state index in [1.807, 2.05) is 51.1 Å². The monoisotopic (exact) mass is 508 g/mol. The summed E-state index contributed by atoms with van der Waals surface area (Å²) in [6.07, 6.45) is 0. The fraction of sp³-hybridized carbons (Fsp3) is 0.233. The van der Waals surface area contributed by atoms with Crippen molar-refractivity contribution in [1.82, 2.24) is 4.90 Å². The minimum atomic E-state index is -1.65. The van der Waals surface area contributed by atoms with E-state index in [0.717, 1.165) is 16.7 Å². The Morgan fingerprint density at radius 1 is 0.921 bits per heavy atom. The number of nitrogens with zero attached hydrogens (tertiary/aromatic N) is 2. The summed E-state index contributed by atoms with van der Waals surface area (Å²) in [6, 6.07) is 16.3. The third-order valence-corrected chi connectivity index (χ3v) is 7.95. The van der Waals surface area contributed by atoms with Crippen LogP contribution in [0, 0.1) is 13.8 Å². The summed E-state index contributed by atoms with van der Waals surface area (Å²) in [6.45, 7) is 6.29. The first kappa shape index (κ1) is 22.6. The van der Waals surface area contributed by atoms with Gasteiger partial charge in [-0.1, -0.05) is 24.3 Å². The van der Waals surface area contributed by atoms with E-state index in [2.05, 4.69) is 0 Å². The van der Waals surface area contributed by atoms with Gasteiger partial charge in [0, 0.05) is 18.7 Å². The maximum Gasteiger partial charge on any atom is 0.291 e. The third-order valence-electron chi connectivity index (χ3n) is 7.95. The molecule has 4 heterocycles. The number of hydrogen-bond donors (Lipinski definition) is 0. The number of likely N-dealkylation sites (N-methyl/N-ethyl adjacent to an activating group) is 1. The van der Waals surface area contributed by atoms with Gasteiger partial charge in [-0.3, -0.25) is 14.4 Å². The molecule has 0 saturated carbocycles. The van der Waals surface area contributed by atoms with Crippen molar-refractivity contribution < 1.29 is 23.5 Å². The molecule has 8 heteroatoms. The van der Waals surface area contributed by atoms with Crippen molar-refractivity contribution in [2.75, 3.05) is 18.2 Å². The van der Waals surface area contributed by atoms with Crippen LogP contribution in [0.3, 0.4) is 0 Å². The lowest BCUT2D eigenvalue weighted by atomic mass is 9.83. The van der Waals surface area contributed by atoms with Crippen LogP contribution in [0.1, 0.15) is 45.3 Å². The summed E-state index contributed by atoms with van der Waals surface area (Å²) in [5.74, 6) is 0.251. The smallest absolute Gasteiger partial charge is 0.291 e. The van der Waals surface area contributed by atoms with Gasteiger partial charge in [0.05, 0.1) is 16.6 Å². The van der Waals surface area contributed by atoms with Gasteiger partial charge in [-0.2, -0.15) is 0 Å². The number of rotatable bonds is 3. The molecule has 1 aromatic heterocycles. The van der Waals surface area contributed by atoms with Gasteiger partial charge in [0.25, 0.3) is 11.8 Å². The van der Waals surface area contributed by atoms with Gasteiger partial charge < -0.3 is 23.7 Å². The second kappa shape index (κ2) is 7.71. The minimum Gasteiger partial charge on any atom is -0.454 e. The van der Waals surface area contributed by atoms with E-state index in [1.165, 1.54) is 4.90 Å². The molecule has 0 fully saturated rings. The number of hydrogen-bond acceptors (Lipinski definition) is 6. The molecule has 1 spiro atoms. The van der Waals surface area contributed by atoms with Gasteiger partial charge in [-0.25, -0.2) is 0 Å². The molecule has 0 bridgehead atoms. The molecule has 4 aromatic rings. The summed E-state index contributed by atoms with van der Waals surface area (Å²) in [7, 11) is 0. The molecular formula is C30H24N2O6. The lowest BCUT2D eigenvalue weighted by Crippen LogP contribution is -2.53. The van der Waals surface area contributed by atoms with E-state index in [4.69, 9.17) is 13.9 Å². The number of carbonyl (C=O) groups is 2. The van der Waals surface area contributed by atoms with Crippen LogP contribution >= 0.6 is 0 Å². The predicted octanol–water partition coefficient (Wildman–Crippen LogP) is 4.40. The van der Waals surface area contributed by atoms with E-state index < -0.39 is 11.4 Å². The molecule has 0 aliphatic carbocycles. The van der Waals surface area contributed by atoms with Crippen molar-refractivity contribution in [1.29, 1.82) is 0 Å². The van der Waals surface area contributed by atoms with E-state index in [9.17, 15) is 14.4 Å². The van der Waals surface area contributed by atoms with E-state index in [1.54, 1.807) is 29.2 Å². The molecule has 0 radical (unpaired) electrons. The first-order valence-corrected chi connectivity index (χ1v) is 12.6. The van der Waals surface area contributed by atoms with E-state index >= 15 is 0 Å². The Balaban J connectivity index is 1.53. The summed E-state index contributed by atoms with van der Waals surface area (Å²) >= 11 is 0. The van der Waals surface area contributed by atoms with Gasteiger partial charge in [-0.05, 0) is 67.8 Å². The zero-order valence-corrected chi connectivity index (χ0v) is 21.2. The Morgan fingerprint density at radius 2 is 1.68 bits per heavy atom. The molecule has 8 nitrogen and oxygen atoms in total. The Morgan fingerprint density at radius 3 is 2.50 bits per heavy atom. The molecule has 1 unspecified atom stereocenters. The zero-order valence-electron chi connectivity index (χ0n) is 21.2. The largest absolute Gasteiger partial charge is 0.454 e. The molecule has 2 amide bonds. The zero-order chi connectivity index (χ0) is 26.3. The highest BCUT2D eigenvalue weighted by Crippen LogP contribution is 2.53. The van der Waals surface area contributed by atoms with Crippen LogP contribution in [-0.2, 0) is 16.9 Å². The van der Waals surface area contributed by atoms with Gasteiger partial charge in [0.15, 0.2) is 22.5 Å². The Labute approximate surface area is 218 Å². The number of aryl methyl sites for hydroxylation is 2. The summed E-state index contributed by atoms with van der Waals surface area (Å²) < 4.78 is 17.2. The molecule has 3 aliphatic rings. The second-order valence-electron chi connectivity index (χ2n) is 9.92. The fourth-order valence-corrected chi connectivity index (χ4v) is 6.00. The number of anilines is 1. The highest BCUT2D eigenvalue weighted by molar-refractivity contribution is 6.17. The molecule has 3 aromatic carbocycles. The Kier molecular flexibility index (Phi) is 4.58. The van der Waals surface area contributed by atoms with Crippen LogP contribution < -0.4 is 19.8 Å². The van der Waals surface area contributed by atoms with Crippen LogP contribution in [0.15, 0.2) is 63.8 Å². The molecule has 3 aliphatic heterocycles. The van der Waals surface area contributed by atoms with Crippen molar-refractivity contribution in [3.8, 4) is 11.5 Å². The van der Waals surface area contributed by atoms with Crippen LogP contribution in [0.25, 0.3) is 11.0 Å². The first-order chi connectivity index (χ1) is 18.4. The van der Waals surface area contributed by atoms with Crippen molar-refractivity contribution in [3.05, 3.63) is 98.4 Å². The highest BCUT2D eigenvalue weighted by atomic mass is 16.7. The van der Waals surface area contributed by atoms with Gasteiger partial charge in [0.2, 0.25) is 12.6 Å². The van der Waals surface area contributed by atoms with Crippen LogP contribution in [0.4, 0.5) is 5.69 Å². The molecule has 0 saturated heterocycles. The molecule has 38 heavy (non-hydrogen) atoms. The van der Waals surface area contributed by atoms with E-state index in [0.29, 0.717) is 40.3 Å². The van der Waals surface area contributed by atoms with Crippen LogP contribution in [-0.4, -0.2) is 30.1 Å². The SMILES string of the molecule is CCN1C(=O)C2(c3ccccc31)c1c(oc3cc(C)c(C)cc3c1=O)C(=O)N2Cc1ccc2c(c1)OCO2. The number of amides is 2. The first-order valence-electron chi connectivity index (χ1n) is 12.6. The number of carbonyl (C=O) groups excluding carboxylic acids is 2. The van der Waals surface area contributed by atoms with Gasteiger partial charge in [0.1, 0.15) is 5.58 Å². The minimum absolute atomic E-state index is 0.0607. The van der Waals surface area contributed by atoms with Crippen molar-refractivity contribution in [3.63, 3.8) is 0 Å². The Bertz CT molecular complexity index is 1770. The normalized spacial score (nSPS) is 19.1. The number of fused-ring (bicyclic) bond motifs is 6. The highest BCUT2D eigenvalue weighted by Gasteiger charge is 2.64. The third kappa shape index (κ3) is 2.72. The second-order valence-corrected chi connectivity index (χ2v) is 9.92. The molecular weight excluding hydrogens is 484 g/mol.